The Hall–Kier alpha value is -2.80. The first-order valence-electron chi connectivity index (χ1n) is 8.97. The molecular weight excluding hydrogens is 401 g/mol. The molecule has 3 nitrogen and oxygen atoms in total. The molecule has 1 atom stereocenters. The Bertz CT molecular complexity index is 1210. The van der Waals surface area contributed by atoms with Crippen LogP contribution < -0.4 is 4.74 Å². The largest absolute Gasteiger partial charge is 0.485 e. The van der Waals surface area contributed by atoms with E-state index in [0.29, 0.717) is 24.7 Å². The highest BCUT2D eigenvalue weighted by molar-refractivity contribution is 7.90. The SMILES string of the molecule is CS(=O)(=O)c1cccc(-c2ccc3c(c2)CCC(c2cc(F)c(F)cc2F)O3)c1. The third-order valence-electron chi connectivity index (χ3n) is 4.99. The van der Waals surface area contributed by atoms with E-state index in [1.807, 2.05) is 12.1 Å². The fourth-order valence-corrected chi connectivity index (χ4v) is 4.14. The summed E-state index contributed by atoms with van der Waals surface area (Å²) in [7, 11) is -3.32. The van der Waals surface area contributed by atoms with E-state index in [4.69, 9.17) is 4.74 Å². The van der Waals surface area contributed by atoms with Gasteiger partial charge in [0.05, 0.1) is 4.90 Å². The van der Waals surface area contributed by atoms with Crippen molar-refractivity contribution in [3.63, 3.8) is 0 Å². The van der Waals surface area contributed by atoms with Crippen LogP contribution in [0.25, 0.3) is 11.1 Å². The average Bonchev–Trinajstić information content (AvgIpc) is 2.69. The van der Waals surface area contributed by atoms with Crippen LogP contribution in [-0.4, -0.2) is 14.7 Å². The highest BCUT2D eigenvalue weighted by Gasteiger charge is 2.25. The summed E-state index contributed by atoms with van der Waals surface area (Å²) in [6.07, 6.45) is 1.40. The fourth-order valence-electron chi connectivity index (χ4n) is 3.48. The van der Waals surface area contributed by atoms with Crippen molar-refractivity contribution in [3.8, 4) is 16.9 Å². The van der Waals surface area contributed by atoms with Gasteiger partial charge in [-0.1, -0.05) is 18.2 Å². The van der Waals surface area contributed by atoms with Gasteiger partial charge in [-0.15, -0.1) is 0 Å². The van der Waals surface area contributed by atoms with Crippen LogP contribution in [0.5, 0.6) is 5.75 Å². The number of hydrogen-bond donors (Lipinski definition) is 0. The smallest absolute Gasteiger partial charge is 0.175 e. The minimum atomic E-state index is -3.32. The summed E-state index contributed by atoms with van der Waals surface area (Å²) < 4.78 is 70.2. The number of ether oxygens (including phenoxy) is 1. The summed E-state index contributed by atoms with van der Waals surface area (Å²) in [4.78, 5) is 0.234. The zero-order valence-corrected chi connectivity index (χ0v) is 16.3. The lowest BCUT2D eigenvalue weighted by atomic mass is 9.94. The molecular formula is C22H17F3O3S. The Balaban J connectivity index is 1.64. The highest BCUT2D eigenvalue weighted by Crippen LogP contribution is 2.38. The van der Waals surface area contributed by atoms with Gasteiger partial charge < -0.3 is 4.74 Å². The monoisotopic (exact) mass is 418 g/mol. The van der Waals surface area contributed by atoms with E-state index >= 15 is 0 Å². The van der Waals surface area contributed by atoms with Gasteiger partial charge in [-0.2, -0.15) is 0 Å². The molecule has 0 bridgehead atoms. The van der Waals surface area contributed by atoms with Gasteiger partial charge in [-0.3, -0.25) is 0 Å². The lowest BCUT2D eigenvalue weighted by Crippen LogP contribution is -2.17. The van der Waals surface area contributed by atoms with Crippen LogP contribution in [0.4, 0.5) is 13.2 Å². The van der Waals surface area contributed by atoms with E-state index in [1.54, 1.807) is 30.3 Å². The Morgan fingerprint density at radius 2 is 1.62 bits per heavy atom. The molecule has 3 aromatic rings. The second kappa shape index (κ2) is 7.22. The molecule has 1 aliphatic heterocycles. The number of benzene rings is 3. The van der Waals surface area contributed by atoms with Gasteiger partial charge in [-0.05, 0) is 59.9 Å². The topological polar surface area (TPSA) is 43.4 Å². The van der Waals surface area contributed by atoms with Crippen LogP contribution in [0.3, 0.4) is 0 Å². The van der Waals surface area contributed by atoms with Crippen LogP contribution in [0.2, 0.25) is 0 Å². The number of rotatable bonds is 3. The minimum absolute atomic E-state index is 0.0144. The van der Waals surface area contributed by atoms with E-state index in [0.717, 1.165) is 29.0 Å². The van der Waals surface area contributed by atoms with E-state index in [1.165, 1.54) is 0 Å². The summed E-state index contributed by atoms with van der Waals surface area (Å²) in [5.74, 6) is -2.65. The molecule has 29 heavy (non-hydrogen) atoms. The molecule has 3 aromatic carbocycles. The molecule has 0 aromatic heterocycles. The predicted octanol–water partition coefficient (Wildman–Crippen LogP) is 5.24. The maximum Gasteiger partial charge on any atom is 0.175 e. The molecule has 1 aliphatic rings. The van der Waals surface area contributed by atoms with Crippen molar-refractivity contribution >= 4 is 9.84 Å². The summed E-state index contributed by atoms with van der Waals surface area (Å²) in [5.41, 5.74) is 2.45. The number of sulfone groups is 1. The van der Waals surface area contributed by atoms with E-state index in [9.17, 15) is 21.6 Å². The number of aryl methyl sites for hydroxylation is 1. The highest BCUT2D eigenvalue weighted by atomic mass is 32.2. The maximum atomic E-state index is 14.1. The van der Waals surface area contributed by atoms with Crippen molar-refractivity contribution in [1.29, 1.82) is 0 Å². The van der Waals surface area contributed by atoms with Gasteiger partial charge >= 0.3 is 0 Å². The first kappa shape index (κ1) is 19.5. The zero-order chi connectivity index (χ0) is 20.8. The summed E-state index contributed by atoms with van der Waals surface area (Å²) >= 11 is 0. The molecule has 0 spiro atoms. The van der Waals surface area contributed by atoms with Crippen molar-refractivity contribution in [1.82, 2.24) is 0 Å². The molecule has 0 saturated heterocycles. The first-order chi connectivity index (χ1) is 13.7. The van der Waals surface area contributed by atoms with E-state index in [2.05, 4.69) is 0 Å². The summed E-state index contributed by atoms with van der Waals surface area (Å²) in [5, 5.41) is 0. The molecule has 1 unspecified atom stereocenters. The molecule has 0 amide bonds. The molecule has 0 N–H and O–H groups in total. The van der Waals surface area contributed by atoms with Crippen LogP contribution in [0, 0.1) is 17.5 Å². The zero-order valence-electron chi connectivity index (χ0n) is 15.5. The number of halogens is 3. The Labute approximate surface area is 166 Å². The fraction of sp³-hybridized carbons (Fsp3) is 0.182. The molecule has 0 aliphatic carbocycles. The van der Waals surface area contributed by atoms with Crippen LogP contribution in [-0.2, 0) is 16.3 Å². The number of fused-ring (bicyclic) bond motifs is 1. The van der Waals surface area contributed by atoms with Gasteiger partial charge in [0, 0.05) is 17.9 Å². The normalized spacial score (nSPS) is 16.2. The Morgan fingerprint density at radius 1 is 0.897 bits per heavy atom. The quantitative estimate of drug-likeness (QED) is 0.547. The van der Waals surface area contributed by atoms with Crippen LogP contribution in [0.1, 0.15) is 23.7 Å². The number of hydrogen-bond acceptors (Lipinski definition) is 3. The van der Waals surface area contributed by atoms with Gasteiger partial charge in [-0.25, -0.2) is 21.6 Å². The molecule has 1 heterocycles. The van der Waals surface area contributed by atoms with E-state index < -0.39 is 33.4 Å². The maximum absolute atomic E-state index is 14.1. The van der Waals surface area contributed by atoms with Crippen molar-refractivity contribution in [2.75, 3.05) is 6.26 Å². The lowest BCUT2D eigenvalue weighted by molar-refractivity contribution is 0.171. The third kappa shape index (κ3) is 3.87. The van der Waals surface area contributed by atoms with Crippen molar-refractivity contribution in [2.45, 2.75) is 23.8 Å². The van der Waals surface area contributed by atoms with Crippen molar-refractivity contribution < 1.29 is 26.3 Å². The van der Waals surface area contributed by atoms with Crippen LogP contribution >= 0.6 is 0 Å². The van der Waals surface area contributed by atoms with E-state index in [-0.39, 0.29) is 10.5 Å². The van der Waals surface area contributed by atoms with Gasteiger partial charge in [0.1, 0.15) is 17.7 Å². The van der Waals surface area contributed by atoms with Gasteiger partial charge in [0.15, 0.2) is 21.5 Å². The second-order valence-corrected chi connectivity index (χ2v) is 9.07. The Kier molecular flexibility index (Phi) is 4.86. The van der Waals surface area contributed by atoms with Gasteiger partial charge in [0.2, 0.25) is 0 Å². The molecule has 0 saturated carbocycles. The molecule has 0 radical (unpaired) electrons. The predicted molar refractivity (Wildman–Crippen MR) is 103 cm³/mol. The molecule has 7 heteroatoms. The second-order valence-electron chi connectivity index (χ2n) is 7.06. The first-order valence-corrected chi connectivity index (χ1v) is 10.9. The molecule has 0 fully saturated rings. The lowest BCUT2D eigenvalue weighted by Gasteiger charge is -2.27. The molecule has 4 rings (SSSR count). The average molecular weight is 418 g/mol. The molecule has 150 valence electrons. The third-order valence-corrected chi connectivity index (χ3v) is 6.10. The van der Waals surface area contributed by atoms with Crippen molar-refractivity contribution in [2.24, 2.45) is 0 Å². The van der Waals surface area contributed by atoms with Gasteiger partial charge in [0.25, 0.3) is 0 Å². The standard InChI is InChI=1S/C22H17F3O3S/c1-29(26,27)16-4-2-3-13(10-16)14-5-7-21-15(9-14)6-8-22(28-21)17-11-19(24)20(25)12-18(17)23/h2-5,7,9-12,22H,6,8H2,1H3. The Morgan fingerprint density at radius 3 is 2.38 bits per heavy atom. The minimum Gasteiger partial charge on any atom is -0.485 e. The summed E-state index contributed by atoms with van der Waals surface area (Å²) in [6, 6.07) is 13.4. The van der Waals surface area contributed by atoms with Crippen LogP contribution in [0.15, 0.2) is 59.5 Å². The summed E-state index contributed by atoms with van der Waals surface area (Å²) in [6.45, 7) is 0. The van der Waals surface area contributed by atoms with Crippen molar-refractivity contribution in [3.05, 3.63) is 83.2 Å².